The van der Waals surface area contributed by atoms with Gasteiger partial charge in [-0.3, -0.25) is 0 Å². The number of rotatable bonds is 8. The third-order valence-corrected chi connectivity index (χ3v) is 26.6. The summed E-state index contributed by atoms with van der Waals surface area (Å²) in [6, 6.07) is 89.1. The quantitative estimate of drug-likeness (QED) is 0.143. The van der Waals surface area contributed by atoms with Gasteiger partial charge < -0.3 is 71.1 Å². The summed E-state index contributed by atoms with van der Waals surface area (Å²) >= 11 is 0. The molecular weight excluding hydrogens is 1620 g/mol. The van der Waals surface area contributed by atoms with Gasteiger partial charge in [-0.15, -0.1) is 0 Å². The number of anilines is 15. The van der Waals surface area contributed by atoms with Gasteiger partial charge in [0.05, 0.1) is 78.0 Å². The standard InChI is InChI=1S/2C24H24N2O.C23H23N3O.C22H20N2O.C21H19N3O/c2*1-15(2)25-17(4)26(21-11-7-6-10-20(21)25)23-16(3)13-14-19-18-9-5-8-12-22(18)27-24(19)23;1-14(2)25-16(4)26(23-19(25)9-7-13-24-23)21-15(3)11-12-18-17-8-5-6-10-20(17)27-22(18)21;1-14-12-13-17-16-8-4-7-11-20(16)25-22(17)21(14)24-15(2)23(3)18-9-5-6-10-19(18)24;1-13-10-11-16-15-7-4-5-9-18(15)25-20(16)19(13)24-14(2)23(3)17-8-6-12-22-21(17)24/h2*5-15,17H,1-4H3;5-14,16H,1-4H3;4-13,15H,1-3H3;4-12,14H,1-3H3/i1D3,15D;15D;14D;2*3D3. The summed E-state index contributed by atoms with van der Waals surface area (Å²) in [7, 11) is 0. The van der Waals surface area contributed by atoms with E-state index in [4.69, 9.17) is 43.5 Å². The molecule has 131 heavy (non-hydrogen) atoms. The van der Waals surface area contributed by atoms with Crippen LogP contribution in [0.3, 0.4) is 0 Å². The lowest BCUT2D eigenvalue weighted by molar-refractivity contribution is 0.602. The Kier molecular flexibility index (Phi) is 17.5. The number of para-hydroxylation sites is 11. The molecule has 0 saturated heterocycles. The molecule has 0 N–H and O–H groups in total. The normalized spacial score (nSPS) is 19.0. The Balaban J connectivity index is 0.000000106. The second-order valence-corrected chi connectivity index (χ2v) is 35.0. The first-order valence-corrected chi connectivity index (χ1v) is 44.8. The zero-order chi connectivity index (χ0) is 101. The van der Waals surface area contributed by atoms with Crippen molar-refractivity contribution >= 4 is 195 Å². The number of hydrogen-bond donors (Lipinski definition) is 0. The first-order chi connectivity index (χ1) is 68.1. The van der Waals surface area contributed by atoms with Crippen LogP contribution in [0.1, 0.15) is 120 Å². The Morgan fingerprint density at radius 2 is 0.496 bits per heavy atom. The minimum atomic E-state index is -2.48. The number of furan rings is 5. The number of aromatic nitrogens is 2. The molecule has 6 unspecified atom stereocenters. The maximum Gasteiger partial charge on any atom is 0.159 e. The summed E-state index contributed by atoms with van der Waals surface area (Å²) in [5.41, 5.74) is 25.4. The third-order valence-electron chi connectivity index (χ3n) is 26.6. The first kappa shape index (κ1) is 70.2. The monoisotopic (exact) mass is 1740 g/mol. The molecule has 25 rings (SSSR count). The lowest BCUT2D eigenvalue weighted by atomic mass is 10.1. The van der Waals surface area contributed by atoms with Crippen molar-refractivity contribution in [3.8, 4) is 0 Å². The Bertz CT molecular complexity index is 7630. The van der Waals surface area contributed by atoms with E-state index in [9.17, 15) is 0 Å². The van der Waals surface area contributed by atoms with E-state index in [1.54, 1.807) is 23.2 Å². The van der Waals surface area contributed by atoms with E-state index in [1.165, 1.54) is 16.7 Å². The molecule has 5 aliphatic rings. The van der Waals surface area contributed by atoms with E-state index in [2.05, 4.69) is 159 Å². The molecule has 6 atom stereocenters. The van der Waals surface area contributed by atoms with Crippen LogP contribution in [-0.4, -0.2) is 72.8 Å². The van der Waals surface area contributed by atoms with Gasteiger partial charge in [0.25, 0.3) is 0 Å². The molecule has 17 heteroatoms. The minimum Gasteiger partial charge on any atom is -0.454 e. The number of hydrogen-bond acceptors (Lipinski definition) is 17. The zero-order valence-electron chi connectivity index (χ0n) is 88.0. The highest BCUT2D eigenvalue weighted by Gasteiger charge is 2.43. The predicted octanol–water partition coefficient (Wildman–Crippen LogP) is 30.3. The Hall–Kier alpha value is -14.8. The molecule has 0 bridgehead atoms. The highest BCUT2D eigenvalue weighted by molar-refractivity contribution is 6.16. The molecule has 13 aromatic carbocycles. The van der Waals surface area contributed by atoms with Crippen molar-refractivity contribution < 1.29 is 38.5 Å². The van der Waals surface area contributed by atoms with Gasteiger partial charge in [-0.05, 0) is 230 Å². The van der Waals surface area contributed by atoms with Gasteiger partial charge in [0.1, 0.15) is 58.7 Å². The molecular formula is C114H110N12O5. The van der Waals surface area contributed by atoms with Gasteiger partial charge in [0.2, 0.25) is 0 Å². The average molecular weight is 1740 g/mol. The van der Waals surface area contributed by atoms with Crippen LogP contribution in [0, 0.1) is 34.6 Å². The topological polar surface area (TPSA) is 124 Å². The summed E-state index contributed by atoms with van der Waals surface area (Å²) in [6.45, 7) is 22.5. The van der Waals surface area contributed by atoms with Crippen molar-refractivity contribution in [3.63, 3.8) is 0 Å². The highest BCUT2D eigenvalue weighted by atomic mass is 16.3. The predicted molar refractivity (Wildman–Crippen MR) is 548 cm³/mol. The number of nitrogens with zero attached hydrogens (tertiary/aromatic N) is 12. The average Bonchev–Trinajstić information content (AvgIpc) is 1.57. The van der Waals surface area contributed by atoms with Gasteiger partial charge in [-0.1, -0.05) is 188 Å². The minimum absolute atomic E-state index is 0.00223. The van der Waals surface area contributed by atoms with Gasteiger partial charge in [0.15, 0.2) is 39.6 Å². The second kappa shape index (κ2) is 32.7. The van der Waals surface area contributed by atoms with E-state index < -0.39 is 51.2 Å². The lowest BCUT2D eigenvalue weighted by Gasteiger charge is -2.33. The van der Waals surface area contributed by atoms with E-state index in [-0.39, 0.29) is 18.5 Å². The Labute approximate surface area is 781 Å². The van der Waals surface area contributed by atoms with E-state index >= 15 is 0 Å². The number of benzene rings is 13. The SMILES string of the molecule is [2H]C(C)(C)N1c2ccccc2N(c2c(C)ccc3c2oc2ccccc23)C1C.[2H]C(C)(C)N1c2cccnc2N(c2c(C)ccc3c2oc2ccccc23)C1C.[2H]C([2H])([2H])C([2H])(C)N1c2ccccc2N(c2c(C)ccc3c2oc2ccccc23)C1C.[2H]C([2H])([2H])N1c2ccccc2N(c2c(C)ccc3c2oc2ccccc23)C1C.[2H]C([2H])([2H])N1c2cccnc2N(c2c(C)ccc3c2oc2ccccc23)C1C. The summed E-state index contributed by atoms with van der Waals surface area (Å²) < 4.78 is 130. The Morgan fingerprint density at radius 1 is 0.252 bits per heavy atom. The molecule has 0 saturated carbocycles. The van der Waals surface area contributed by atoms with Crippen LogP contribution in [0.2, 0.25) is 0 Å². The van der Waals surface area contributed by atoms with Crippen LogP contribution in [0.15, 0.2) is 314 Å². The zero-order valence-corrected chi connectivity index (χ0v) is 76.0. The van der Waals surface area contributed by atoms with Crippen molar-refractivity contribution in [2.75, 3.05) is 63.0 Å². The van der Waals surface area contributed by atoms with Gasteiger partial charge >= 0.3 is 0 Å². The van der Waals surface area contributed by atoms with Crippen LogP contribution < -0.4 is 49.0 Å². The maximum absolute atomic E-state index is 8.81. The summed E-state index contributed by atoms with van der Waals surface area (Å²) in [6.07, 6.45) is 2.25. The third kappa shape index (κ3) is 13.4. The molecule has 0 fully saturated rings. The van der Waals surface area contributed by atoms with Crippen LogP contribution >= 0.6 is 0 Å². The van der Waals surface area contributed by atoms with Gasteiger partial charge in [0, 0.05) is 111 Å². The van der Waals surface area contributed by atoms with E-state index in [0.717, 1.165) is 206 Å². The van der Waals surface area contributed by atoms with Gasteiger partial charge in [-0.25, -0.2) is 9.97 Å². The highest BCUT2D eigenvalue weighted by Crippen LogP contribution is 2.56. The molecule has 5 aliphatic heterocycles. The number of aryl methyl sites for hydroxylation is 5. The molecule has 17 nitrogen and oxygen atoms in total. The lowest BCUT2D eigenvalue weighted by Crippen LogP contribution is -2.42. The van der Waals surface area contributed by atoms with Gasteiger partial charge in [-0.2, -0.15) is 0 Å². The van der Waals surface area contributed by atoms with Crippen molar-refractivity contribution in [2.45, 2.75) is 160 Å². The fourth-order valence-corrected chi connectivity index (χ4v) is 20.7. The maximum atomic E-state index is 8.81. The molecule has 0 aliphatic carbocycles. The smallest absolute Gasteiger partial charge is 0.159 e. The van der Waals surface area contributed by atoms with Crippen LogP contribution in [0.4, 0.5) is 85.6 Å². The molecule has 0 amide bonds. The molecule has 0 radical (unpaired) electrons. The number of fused-ring (bicyclic) bond motifs is 20. The fraction of sp³-hybridized carbons (Fsp3) is 0.228. The van der Waals surface area contributed by atoms with E-state index in [1.807, 2.05) is 250 Å². The summed E-state index contributed by atoms with van der Waals surface area (Å²) in [4.78, 5) is 28.8. The van der Waals surface area contributed by atoms with Crippen molar-refractivity contribution in [1.29, 1.82) is 0 Å². The molecule has 7 aromatic heterocycles. The molecule has 0 spiro atoms. The number of pyridine rings is 2. The van der Waals surface area contributed by atoms with E-state index in [0.29, 0.717) is 17.2 Å². The molecule has 20 aromatic rings. The second-order valence-electron chi connectivity index (χ2n) is 35.0. The molecule has 12 heterocycles. The fourth-order valence-electron chi connectivity index (χ4n) is 20.7. The first-order valence-electron chi connectivity index (χ1n) is 50.8. The van der Waals surface area contributed by atoms with Crippen LogP contribution in [0.25, 0.3) is 110 Å². The molecule has 656 valence electrons. The van der Waals surface area contributed by atoms with Crippen molar-refractivity contribution in [3.05, 3.63) is 319 Å². The van der Waals surface area contributed by atoms with Crippen LogP contribution in [0.5, 0.6) is 0 Å². The Morgan fingerprint density at radius 3 is 0.840 bits per heavy atom. The van der Waals surface area contributed by atoms with Crippen molar-refractivity contribution in [1.82, 2.24) is 9.97 Å². The van der Waals surface area contributed by atoms with Crippen molar-refractivity contribution in [2.24, 2.45) is 0 Å². The largest absolute Gasteiger partial charge is 0.454 e. The summed E-state index contributed by atoms with van der Waals surface area (Å²) in [5.74, 6) is 1.49. The van der Waals surface area contributed by atoms with Crippen LogP contribution in [-0.2, 0) is 0 Å². The summed E-state index contributed by atoms with van der Waals surface area (Å²) in [5, 5.41) is 10.7.